The summed E-state index contributed by atoms with van der Waals surface area (Å²) in [6.45, 7) is 5.69. The molecule has 0 atom stereocenters. The monoisotopic (exact) mass is 177 g/mol. The second-order valence-electron chi connectivity index (χ2n) is 3.10. The Bertz CT molecular complexity index is 426. The third-order valence-corrected chi connectivity index (χ3v) is 1.89. The number of rotatable bonds is 1. The topological polar surface area (TPSA) is 39.2 Å². The van der Waals surface area contributed by atoms with Crippen LogP contribution in [0.2, 0.25) is 0 Å². The molecule has 0 amide bonds. The number of aryl methyl sites for hydroxylation is 3. The fourth-order valence-electron chi connectivity index (χ4n) is 1.32. The van der Waals surface area contributed by atoms with Gasteiger partial charge in [0, 0.05) is 0 Å². The Morgan fingerprint density at radius 2 is 1.85 bits per heavy atom. The summed E-state index contributed by atoms with van der Waals surface area (Å²) in [6.07, 6.45) is 1.71. The average Bonchev–Trinajstić information content (AvgIpc) is 2.58. The number of nitrogens with zero attached hydrogens (tertiary/aromatic N) is 1. The van der Waals surface area contributed by atoms with E-state index < -0.39 is 0 Å². The quantitative estimate of drug-likeness (QED) is 0.672. The van der Waals surface area contributed by atoms with Gasteiger partial charge in [-0.05, 0) is 26.8 Å². The van der Waals surface area contributed by atoms with E-state index in [0.717, 1.165) is 22.8 Å². The van der Waals surface area contributed by atoms with Crippen molar-refractivity contribution in [2.24, 2.45) is 0 Å². The smallest absolute Gasteiger partial charge is 0.229 e. The van der Waals surface area contributed by atoms with Crippen LogP contribution in [0.4, 0.5) is 0 Å². The summed E-state index contributed by atoms with van der Waals surface area (Å²) < 4.78 is 10.8. The standard InChI is InChI=1S/C10H11NO2/c1-6-4-9(8(3)12-6)10-11-5-7(2)13-10/h4-5H,1-3H3. The molecule has 0 spiro atoms. The molecular weight excluding hydrogens is 166 g/mol. The van der Waals surface area contributed by atoms with E-state index in [1.807, 2.05) is 26.8 Å². The molecule has 2 heterocycles. The number of furan rings is 1. The van der Waals surface area contributed by atoms with Crippen molar-refractivity contribution in [2.45, 2.75) is 20.8 Å². The van der Waals surface area contributed by atoms with E-state index in [1.165, 1.54) is 0 Å². The molecule has 0 aliphatic carbocycles. The molecule has 0 aliphatic rings. The first-order chi connectivity index (χ1) is 6.16. The summed E-state index contributed by atoms with van der Waals surface area (Å²) >= 11 is 0. The summed E-state index contributed by atoms with van der Waals surface area (Å²) in [5.41, 5.74) is 0.936. The van der Waals surface area contributed by atoms with Crippen molar-refractivity contribution in [3.63, 3.8) is 0 Å². The molecule has 0 radical (unpaired) electrons. The lowest BCUT2D eigenvalue weighted by Gasteiger charge is -1.89. The van der Waals surface area contributed by atoms with Crippen molar-refractivity contribution < 1.29 is 8.83 Å². The first-order valence-electron chi connectivity index (χ1n) is 4.16. The Balaban J connectivity index is 2.51. The molecule has 3 heteroatoms. The molecule has 3 nitrogen and oxygen atoms in total. The van der Waals surface area contributed by atoms with Crippen LogP contribution >= 0.6 is 0 Å². The van der Waals surface area contributed by atoms with Gasteiger partial charge in [0.05, 0.1) is 11.8 Å². The lowest BCUT2D eigenvalue weighted by molar-refractivity contribution is 0.501. The number of aromatic nitrogens is 1. The molecular formula is C10H11NO2. The normalized spacial score (nSPS) is 10.7. The van der Waals surface area contributed by atoms with Gasteiger partial charge in [-0.1, -0.05) is 0 Å². The van der Waals surface area contributed by atoms with Crippen molar-refractivity contribution in [1.82, 2.24) is 4.98 Å². The minimum Gasteiger partial charge on any atom is -0.466 e. The Hall–Kier alpha value is -1.51. The van der Waals surface area contributed by atoms with Gasteiger partial charge in [-0.25, -0.2) is 4.98 Å². The van der Waals surface area contributed by atoms with Gasteiger partial charge in [-0.2, -0.15) is 0 Å². The summed E-state index contributed by atoms with van der Waals surface area (Å²) in [4.78, 5) is 4.13. The molecule has 0 N–H and O–H groups in total. The zero-order valence-electron chi connectivity index (χ0n) is 7.92. The maximum atomic E-state index is 5.39. The Morgan fingerprint density at radius 1 is 1.08 bits per heavy atom. The van der Waals surface area contributed by atoms with Gasteiger partial charge in [0.25, 0.3) is 0 Å². The highest BCUT2D eigenvalue weighted by molar-refractivity contribution is 5.56. The van der Waals surface area contributed by atoms with Crippen LogP contribution in [-0.4, -0.2) is 4.98 Å². The van der Waals surface area contributed by atoms with Crippen LogP contribution in [-0.2, 0) is 0 Å². The highest BCUT2D eigenvalue weighted by atomic mass is 16.4. The van der Waals surface area contributed by atoms with Crippen LogP contribution in [0.5, 0.6) is 0 Å². The predicted molar refractivity (Wildman–Crippen MR) is 48.4 cm³/mol. The van der Waals surface area contributed by atoms with Crippen LogP contribution < -0.4 is 0 Å². The van der Waals surface area contributed by atoms with Crippen molar-refractivity contribution in [2.75, 3.05) is 0 Å². The van der Waals surface area contributed by atoms with E-state index in [1.54, 1.807) is 6.20 Å². The van der Waals surface area contributed by atoms with Crippen molar-refractivity contribution in [3.8, 4) is 11.5 Å². The zero-order valence-corrected chi connectivity index (χ0v) is 7.92. The molecule has 2 aromatic rings. The minimum absolute atomic E-state index is 0.631. The summed E-state index contributed by atoms with van der Waals surface area (Å²) in [5, 5.41) is 0. The molecule has 13 heavy (non-hydrogen) atoms. The van der Waals surface area contributed by atoms with E-state index in [2.05, 4.69) is 4.98 Å². The first kappa shape index (κ1) is 8.10. The number of hydrogen-bond donors (Lipinski definition) is 0. The van der Waals surface area contributed by atoms with Crippen molar-refractivity contribution >= 4 is 0 Å². The van der Waals surface area contributed by atoms with E-state index in [9.17, 15) is 0 Å². The molecule has 0 saturated heterocycles. The van der Waals surface area contributed by atoms with Crippen LogP contribution in [0, 0.1) is 20.8 Å². The fraction of sp³-hybridized carbons (Fsp3) is 0.300. The van der Waals surface area contributed by atoms with Crippen molar-refractivity contribution in [1.29, 1.82) is 0 Å². The Morgan fingerprint density at radius 3 is 2.31 bits per heavy atom. The first-order valence-corrected chi connectivity index (χ1v) is 4.16. The van der Waals surface area contributed by atoms with Crippen LogP contribution in [0.3, 0.4) is 0 Å². The molecule has 0 fully saturated rings. The SMILES string of the molecule is Cc1cnc(-c2cc(C)oc2C)o1. The van der Waals surface area contributed by atoms with E-state index >= 15 is 0 Å². The van der Waals surface area contributed by atoms with Gasteiger partial charge in [-0.3, -0.25) is 0 Å². The van der Waals surface area contributed by atoms with Gasteiger partial charge >= 0.3 is 0 Å². The predicted octanol–water partition coefficient (Wildman–Crippen LogP) is 2.86. The highest BCUT2D eigenvalue weighted by Crippen LogP contribution is 2.25. The molecule has 0 aromatic carbocycles. The van der Waals surface area contributed by atoms with E-state index in [4.69, 9.17) is 8.83 Å². The maximum absolute atomic E-state index is 5.39. The maximum Gasteiger partial charge on any atom is 0.229 e. The average molecular weight is 177 g/mol. The summed E-state index contributed by atoms with van der Waals surface area (Å²) in [5.74, 6) is 3.17. The third-order valence-electron chi connectivity index (χ3n) is 1.89. The molecule has 2 rings (SSSR count). The molecule has 0 saturated carbocycles. The summed E-state index contributed by atoms with van der Waals surface area (Å²) in [6, 6.07) is 1.93. The third kappa shape index (κ3) is 1.37. The highest BCUT2D eigenvalue weighted by Gasteiger charge is 2.11. The lowest BCUT2D eigenvalue weighted by Crippen LogP contribution is -1.74. The van der Waals surface area contributed by atoms with E-state index in [0.29, 0.717) is 5.89 Å². The molecule has 0 aliphatic heterocycles. The van der Waals surface area contributed by atoms with Crippen molar-refractivity contribution in [3.05, 3.63) is 29.5 Å². The second-order valence-corrected chi connectivity index (χ2v) is 3.10. The zero-order chi connectivity index (χ0) is 9.42. The van der Waals surface area contributed by atoms with E-state index in [-0.39, 0.29) is 0 Å². The van der Waals surface area contributed by atoms with Gasteiger partial charge in [0.15, 0.2) is 0 Å². The molecule has 2 aromatic heterocycles. The minimum atomic E-state index is 0.631. The summed E-state index contributed by atoms with van der Waals surface area (Å²) in [7, 11) is 0. The molecule has 0 unspecified atom stereocenters. The molecule has 68 valence electrons. The number of oxazole rings is 1. The largest absolute Gasteiger partial charge is 0.466 e. The Kier molecular flexibility index (Phi) is 1.72. The lowest BCUT2D eigenvalue weighted by atomic mass is 10.2. The van der Waals surface area contributed by atoms with Gasteiger partial charge in [0.1, 0.15) is 17.3 Å². The van der Waals surface area contributed by atoms with Crippen LogP contribution in [0.15, 0.2) is 21.1 Å². The van der Waals surface area contributed by atoms with Gasteiger partial charge < -0.3 is 8.83 Å². The number of hydrogen-bond acceptors (Lipinski definition) is 3. The Labute approximate surface area is 76.4 Å². The van der Waals surface area contributed by atoms with Crippen LogP contribution in [0.25, 0.3) is 11.5 Å². The molecule has 0 bridgehead atoms. The van der Waals surface area contributed by atoms with Gasteiger partial charge in [-0.15, -0.1) is 0 Å². The second kappa shape index (κ2) is 2.76. The fourth-order valence-corrected chi connectivity index (χ4v) is 1.32. The van der Waals surface area contributed by atoms with Gasteiger partial charge in [0.2, 0.25) is 5.89 Å². The van der Waals surface area contributed by atoms with Crippen LogP contribution in [0.1, 0.15) is 17.3 Å².